The van der Waals surface area contributed by atoms with Gasteiger partial charge in [0.1, 0.15) is 12.1 Å². The Morgan fingerprint density at radius 2 is 1.91 bits per heavy atom. The molecule has 0 aliphatic carbocycles. The standard InChI is InChI=1S/C24H38N4O4/c1-18-9-7-11-20(15-18)25-23(31)28-12-8-10-19(16-28)22(30)27(14-13-26(5)6)17-21(29)32-24(2,3)4/h7,9,11,15,19H,8,10,12-14,16-17H2,1-6H3,(H,25,31). The van der Waals surface area contributed by atoms with E-state index in [2.05, 4.69) is 5.32 Å². The summed E-state index contributed by atoms with van der Waals surface area (Å²) in [6, 6.07) is 7.42. The summed E-state index contributed by atoms with van der Waals surface area (Å²) in [5.41, 5.74) is 1.19. The number of hydrogen-bond acceptors (Lipinski definition) is 5. The zero-order valence-electron chi connectivity index (χ0n) is 20.3. The first-order valence-electron chi connectivity index (χ1n) is 11.2. The van der Waals surface area contributed by atoms with Crippen molar-refractivity contribution >= 4 is 23.6 Å². The van der Waals surface area contributed by atoms with E-state index >= 15 is 0 Å². The van der Waals surface area contributed by atoms with Crippen molar-refractivity contribution in [2.45, 2.75) is 46.1 Å². The fourth-order valence-electron chi connectivity index (χ4n) is 3.66. The minimum atomic E-state index is -0.608. The summed E-state index contributed by atoms with van der Waals surface area (Å²) in [5, 5.41) is 2.92. The van der Waals surface area contributed by atoms with Crippen LogP contribution in [0.1, 0.15) is 39.2 Å². The number of carbonyl (C=O) groups excluding carboxylic acids is 3. The molecule has 0 saturated carbocycles. The first kappa shape index (κ1) is 25.6. The van der Waals surface area contributed by atoms with Gasteiger partial charge in [0, 0.05) is 31.9 Å². The third-order valence-electron chi connectivity index (χ3n) is 5.20. The van der Waals surface area contributed by atoms with Crippen LogP contribution in [0.15, 0.2) is 24.3 Å². The van der Waals surface area contributed by atoms with Crippen LogP contribution in [0.3, 0.4) is 0 Å². The molecule has 1 heterocycles. The molecule has 2 rings (SSSR count). The molecule has 178 valence electrons. The molecule has 32 heavy (non-hydrogen) atoms. The molecule has 1 saturated heterocycles. The number of nitrogens with zero attached hydrogens (tertiary/aromatic N) is 3. The minimum Gasteiger partial charge on any atom is -0.459 e. The maximum atomic E-state index is 13.3. The van der Waals surface area contributed by atoms with E-state index in [1.807, 2.05) is 71.0 Å². The smallest absolute Gasteiger partial charge is 0.326 e. The van der Waals surface area contributed by atoms with E-state index in [0.29, 0.717) is 32.6 Å². The molecule has 3 amide bonds. The highest BCUT2D eigenvalue weighted by molar-refractivity contribution is 5.90. The number of nitrogens with one attached hydrogen (secondary N) is 1. The molecule has 0 bridgehead atoms. The first-order chi connectivity index (χ1) is 14.9. The molecule has 1 atom stereocenters. The summed E-state index contributed by atoms with van der Waals surface area (Å²) in [6.45, 7) is 9.31. The van der Waals surface area contributed by atoms with Gasteiger partial charge in [-0.25, -0.2) is 4.79 Å². The molecule has 0 radical (unpaired) electrons. The Kier molecular flexibility index (Phi) is 9.07. The zero-order valence-corrected chi connectivity index (χ0v) is 20.3. The predicted molar refractivity (Wildman–Crippen MR) is 125 cm³/mol. The number of rotatable bonds is 7. The summed E-state index contributed by atoms with van der Waals surface area (Å²) < 4.78 is 5.43. The van der Waals surface area contributed by atoms with Gasteiger partial charge in [-0.3, -0.25) is 9.59 Å². The fourth-order valence-corrected chi connectivity index (χ4v) is 3.66. The van der Waals surface area contributed by atoms with Gasteiger partial charge in [0.05, 0.1) is 5.92 Å². The van der Waals surface area contributed by atoms with Gasteiger partial charge in [-0.15, -0.1) is 0 Å². The first-order valence-corrected chi connectivity index (χ1v) is 11.2. The second-order valence-corrected chi connectivity index (χ2v) is 9.73. The minimum absolute atomic E-state index is 0.0874. The molecule has 1 aliphatic rings. The number of benzene rings is 1. The maximum Gasteiger partial charge on any atom is 0.326 e. The third-order valence-corrected chi connectivity index (χ3v) is 5.20. The largest absolute Gasteiger partial charge is 0.459 e. The lowest BCUT2D eigenvalue weighted by molar-refractivity contribution is -0.160. The van der Waals surface area contributed by atoms with E-state index in [-0.39, 0.29) is 24.4 Å². The number of likely N-dealkylation sites (N-methyl/N-ethyl adjacent to an activating group) is 1. The van der Waals surface area contributed by atoms with E-state index in [0.717, 1.165) is 17.7 Å². The molecular formula is C24H38N4O4. The SMILES string of the molecule is Cc1cccc(NC(=O)N2CCCC(C(=O)N(CCN(C)C)CC(=O)OC(C)(C)C)C2)c1. The van der Waals surface area contributed by atoms with Crippen molar-refractivity contribution in [1.82, 2.24) is 14.7 Å². The molecular weight excluding hydrogens is 408 g/mol. The van der Waals surface area contributed by atoms with E-state index in [9.17, 15) is 14.4 Å². The van der Waals surface area contributed by atoms with Crippen molar-refractivity contribution in [3.05, 3.63) is 29.8 Å². The Bertz CT molecular complexity index is 803. The highest BCUT2D eigenvalue weighted by atomic mass is 16.6. The molecule has 1 aromatic carbocycles. The van der Waals surface area contributed by atoms with Gasteiger partial charge < -0.3 is 24.8 Å². The fraction of sp³-hybridized carbons (Fsp3) is 0.625. The van der Waals surface area contributed by atoms with Gasteiger partial charge >= 0.3 is 12.0 Å². The van der Waals surface area contributed by atoms with Crippen LogP contribution in [0.4, 0.5) is 10.5 Å². The summed E-state index contributed by atoms with van der Waals surface area (Å²) in [5.74, 6) is -0.864. The molecule has 1 aromatic rings. The number of ether oxygens (including phenoxy) is 1. The van der Waals surface area contributed by atoms with Crippen LogP contribution in [-0.2, 0) is 14.3 Å². The number of carbonyl (C=O) groups is 3. The molecule has 1 aliphatic heterocycles. The van der Waals surface area contributed by atoms with Gasteiger partial charge in [0.15, 0.2) is 0 Å². The zero-order chi connectivity index (χ0) is 23.9. The van der Waals surface area contributed by atoms with Gasteiger partial charge in [-0.1, -0.05) is 12.1 Å². The van der Waals surface area contributed by atoms with Crippen LogP contribution in [0.2, 0.25) is 0 Å². The quantitative estimate of drug-likeness (QED) is 0.651. The molecule has 8 heteroatoms. The van der Waals surface area contributed by atoms with Crippen molar-refractivity contribution in [2.24, 2.45) is 5.92 Å². The lowest BCUT2D eigenvalue weighted by atomic mass is 9.96. The number of amides is 3. The van der Waals surface area contributed by atoms with Crippen molar-refractivity contribution in [3.8, 4) is 0 Å². The van der Waals surface area contributed by atoms with Gasteiger partial charge in [0.25, 0.3) is 0 Å². The number of esters is 1. The van der Waals surface area contributed by atoms with E-state index < -0.39 is 11.6 Å². The summed E-state index contributed by atoms with van der Waals surface area (Å²) in [7, 11) is 3.85. The van der Waals surface area contributed by atoms with Gasteiger partial charge in [0.2, 0.25) is 5.91 Å². The highest BCUT2D eigenvalue weighted by Crippen LogP contribution is 2.21. The van der Waals surface area contributed by atoms with E-state index in [1.165, 1.54) is 0 Å². The molecule has 8 nitrogen and oxygen atoms in total. The number of hydrogen-bond donors (Lipinski definition) is 1. The topological polar surface area (TPSA) is 82.2 Å². The molecule has 0 spiro atoms. The van der Waals surface area contributed by atoms with Crippen LogP contribution in [-0.4, -0.2) is 85.0 Å². The number of likely N-dealkylation sites (tertiary alicyclic amines) is 1. The van der Waals surface area contributed by atoms with Crippen molar-refractivity contribution in [3.63, 3.8) is 0 Å². The summed E-state index contributed by atoms with van der Waals surface area (Å²) in [6.07, 6.45) is 1.44. The average molecular weight is 447 g/mol. The predicted octanol–water partition coefficient (Wildman–Crippen LogP) is 2.97. The molecule has 1 fully saturated rings. The number of anilines is 1. The van der Waals surface area contributed by atoms with Crippen LogP contribution in [0, 0.1) is 12.8 Å². The lowest BCUT2D eigenvalue weighted by Gasteiger charge is -2.35. The van der Waals surface area contributed by atoms with Gasteiger partial charge in [-0.05, 0) is 72.3 Å². The number of aryl methyl sites for hydroxylation is 1. The van der Waals surface area contributed by atoms with Crippen molar-refractivity contribution < 1.29 is 19.1 Å². The van der Waals surface area contributed by atoms with E-state index in [4.69, 9.17) is 4.74 Å². The van der Waals surface area contributed by atoms with Crippen molar-refractivity contribution in [1.29, 1.82) is 0 Å². The lowest BCUT2D eigenvalue weighted by Crippen LogP contribution is -2.50. The van der Waals surface area contributed by atoms with Crippen LogP contribution < -0.4 is 5.32 Å². The number of urea groups is 1. The Hall–Kier alpha value is -2.61. The number of piperidine rings is 1. The Morgan fingerprint density at radius 3 is 2.53 bits per heavy atom. The Balaban J connectivity index is 2.04. The third kappa shape index (κ3) is 8.49. The molecule has 1 N–H and O–H groups in total. The second-order valence-electron chi connectivity index (χ2n) is 9.73. The average Bonchev–Trinajstić information content (AvgIpc) is 2.69. The van der Waals surface area contributed by atoms with Crippen molar-refractivity contribution in [2.75, 3.05) is 52.1 Å². The Morgan fingerprint density at radius 1 is 1.19 bits per heavy atom. The molecule has 0 aromatic heterocycles. The van der Waals surface area contributed by atoms with Gasteiger partial charge in [-0.2, -0.15) is 0 Å². The normalized spacial score (nSPS) is 16.6. The second kappa shape index (κ2) is 11.3. The van der Waals surface area contributed by atoms with E-state index in [1.54, 1.807) is 9.80 Å². The monoisotopic (exact) mass is 446 g/mol. The van der Waals surface area contributed by atoms with Crippen LogP contribution >= 0.6 is 0 Å². The highest BCUT2D eigenvalue weighted by Gasteiger charge is 2.32. The van der Waals surface area contributed by atoms with Crippen LogP contribution in [0.5, 0.6) is 0 Å². The maximum absolute atomic E-state index is 13.3. The summed E-state index contributed by atoms with van der Waals surface area (Å²) >= 11 is 0. The Labute approximate surface area is 191 Å². The summed E-state index contributed by atoms with van der Waals surface area (Å²) in [4.78, 5) is 43.7. The molecule has 1 unspecified atom stereocenters. The van der Waals surface area contributed by atoms with Crippen LogP contribution in [0.25, 0.3) is 0 Å².